The zero-order valence-corrected chi connectivity index (χ0v) is 10.7. The molecule has 0 bridgehead atoms. The van der Waals surface area contributed by atoms with Gasteiger partial charge in [0.05, 0.1) is 6.07 Å². The number of anilines is 1. The molecule has 0 spiro atoms. The lowest BCUT2D eigenvalue weighted by molar-refractivity contribution is 0.363. The van der Waals surface area contributed by atoms with Crippen molar-refractivity contribution in [1.29, 1.82) is 5.26 Å². The minimum atomic E-state index is -0.190. The highest BCUT2D eigenvalue weighted by Crippen LogP contribution is 2.24. The number of halogens is 1. The number of hydrogen-bond donors (Lipinski definition) is 1. The summed E-state index contributed by atoms with van der Waals surface area (Å²) in [5, 5.41) is 11.8. The largest absolute Gasteiger partial charge is 0.384 e. The van der Waals surface area contributed by atoms with E-state index in [1.54, 1.807) is 13.0 Å². The first kappa shape index (κ1) is 13.5. The zero-order valence-electron chi connectivity index (χ0n) is 10.7. The number of hydrogen-bond acceptors (Lipinski definition) is 2. The average Bonchev–Trinajstić information content (AvgIpc) is 2.29. The normalized spacial score (nSPS) is 11.0. The van der Waals surface area contributed by atoms with E-state index in [1.165, 1.54) is 6.07 Å². The van der Waals surface area contributed by atoms with Crippen LogP contribution in [0.3, 0.4) is 0 Å². The lowest BCUT2D eigenvalue weighted by Crippen LogP contribution is -2.23. The van der Waals surface area contributed by atoms with Crippen molar-refractivity contribution < 1.29 is 4.39 Å². The van der Waals surface area contributed by atoms with E-state index < -0.39 is 0 Å². The van der Waals surface area contributed by atoms with Crippen molar-refractivity contribution in [2.75, 3.05) is 11.9 Å². The van der Waals surface area contributed by atoms with Crippen LogP contribution in [-0.4, -0.2) is 6.54 Å². The van der Waals surface area contributed by atoms with E-state index in [0.29, 0.717) is 12.0 Å². The van der Waals surface area contributed by atoms with E-state index in [-0.39, 0.29) is 11.2 Å². The summed E-state index contributed by atoms with van der Waals surface area (Å²) in [4.78, 5) is 0. The molecule has 92 valence electrons. The van der Waals surface area contributed by atoms with Crippen LogP contribution in [0.5, 0.6) is 0 Å². The van der Waals surface area contributed by atoms with Crippen molar-refractivity contribution in [2.45, 2.75) is 33.6 Å². The standard InChI is InChI=1S/C14H19FN2/c1-11-12(15)6-4-7-13(11)17-10-14(2,3)8-5-9-16/h4,6-7,17H,5,8,10H2,1-3H3. The molecule has 17 heavy (non-hydrogen) atoms. The summed E-state index contributed by atoms with van der Waals surface area (Å²) in [6.07, 6.45) is 1.39. The molecule has 0 aliphatic carbocycles. The van der Waals surface area contributed by atoms with Gasteiger partial charge in [-0.2, -0.15) is 5.26 Å². The Morgan fingerprint density at radius 2 is 2.12 bits per heavy atom. The first-order valence-electron chi connectivity index (χ1n) is 5.82. The van der Waals surface area contributed by atoms with Crippen LogP contribution in [0.4, 0.5) is 10.1 Å². The molecule has 1 N–H and O–H groups in total. The van der Waals surface area contributed by atoms with Gasteiger partial charge in [-0.1, -0.05) is 19.9 Å². The van der Waals surface area contributed by atoms with Crippen molar-refractivity contribution in [1.82, 2.24) is 0 Å². The second-order valence-corrected chi connectivity index (χ2v) is 5.09. The molecule has 0 amide bonds. The maximum Gasteiger partial charge on any atom is 0.128 e. The van der Waals surface area contributed by atoms with Gasteiger partial charge in [0.25, 0.3) is 0 Å². The summed E-state index contributed by atoms with van der Waals surface area (Å²) in [7, 11) is 0. The number of nitrogens with zero attached hydrogens (tertiary/aromatic N) is 1. The van der Waals surface area contributed by atoms with Gasteiger partial charge in [-0.25, -0.2) is 4.39 Å². The Morgan fingerprint density at radius 3 is 2.76 bits per heavy atom. The molecule has 0 radical (unpaired) electrons. The SMILES string of the molecule is Cc1c(F)cccc1NCC(C)(C)CCC#N. The number of rotatable bonds is 5. The molecular formula is C14H19FN2. The fourth-order valence-corrected chi connectivity index (χ4v) is 1.62. The van der Waals surface area contributed by atoms with Crippen LogP contribution in [0.1, 0.15) is 32.3 Å². The van der Waals surface area contributed by atoms with Gasteiger partial charge in [0.1, 0.15) is 5.82 Å². The fourth-order valence-electron chi connectivity index (χ4n) is 1.62. The monoisotopic (exact) mass is 234 g/mol. The van der Waals surface area contributed by atoms with E-state index in [1.807, 2.05) is 6.07 Å². The zero-order chi connectivity index (χ0) is 12.9. The molecule has 0 fully saturated rings. The molecule has 1 aromatic carbocycles. The lowest BCUT2D eigenvalue weighted by atomic mass is 9.88. The maximum atomic E-state index is 13.3. The summed E-state index contributed by atoms with van der Waals surface area (Å²) < 4.78 is 13.3. The van der Waals surface area contributed by atoms with E-state index >= 15 is 0 Å². The highest BCUT2D eigenvalue weighted by atomic mass is 19.1. The van der Waals surface area contributed by atoms with E-state index in [9.17, 15) is 4.39 Å². The first-order chi connectivity index (χ1) is 7.96. The third-order valence-electron chi connectivity index (χ3n) is 2.94. The van der Waals surface area contributed by atoms with Gasteiger partial charge in [0.2, 0.25) is 0 Å². The van der Waals surface area contributed by atoms with Gasteiger partial charge in [-0.3, -0.25) is 0 Å². The van der Waals surface area contributed by atoms with Crippen LogP contribution in [0.2, 0.25) is 0 Å². The Morgan fingerprint density at radius 1 is 1.41 bits per heavy atom. The maximum absolute atomic E-state index is 13.3. The first-order valence-corrected chi connectivity index (χ1v) is 5.82. The van der Waals surface area contributed by atoms with Gasteiger partial charge >= 0.3 is 0 Å². The Hall–Kier alpha value is -1.56. The predicted octanol–water partition coefficient (Wildman–Crippen LogP) is 3.88. The van der Waals surface area contributed by atoms with E-state index in [4.69, 9.17) is 5.26 Å². The molecule has 0 aliphatic rings. The van der Waals surface area contributed by atoms with Crippen molar-refractivity contribution in [3.63, 3.8) is 0 Å². The third-order valence-corrected chi connectivity index (χ3v) is 2.94. The van der Waals surface area contributed by atoms with Crippen LogP contribution in [0.25, 0.3) is 0 Å². The summed E-state index contributed by atoms with van der Waals surface area (Å²) in [5.74, 6) is -0.190. The number of benzene rings is 1. The Bertz CT molecular complexity index is 419. The molecule has 1 rings (SSSR count). The Balaban J connectivity index is 2.61. The molecule has 2 nitrogen and oxygen atoms in total. The quantitative estimate of drug-likeness (QED) is 0.839. The van der Waals surface area contributed by atoms with Gasteiger partial charge < -0.3 is 5.32 Å². The molecule has 0 unspecified atom stereocenters. The topological polar surface area (TPSA) is 35.8 Å². The summed E-state index contributed by atoms with van der Waals surface area (Å²) in [6, 6.07) is 7.19. The molecule has 0 saturated carbocycles. The molecule has 0 saturated heterocycles. The smallest absolute Gasteiger partial charge is 0.128 e. The Labute approximate surface area is 102 Å². The predicted molar refractivity (Wildman–Crippen MR) is 68.3 cm³/mol. The van der Waals surface area contributed by atoms with Crippen LogP contribution < -0.4 is 5.32 Å². The molecule has 3 heteroatoms. The van der Waals surface area contributed by atoms with E-state index in [0.717, 1.165) is 18.7 Å². The molecule has 0 aliphatic heterocycles. The molecule has 1 aromatic rings. The van der Waals surface area contributed by atoms with Crippen molar-refractivity contribution in [3.8, 4) is 6.07 Å². The van der Waals surface area contributed by atoms with Crippen molar-refractivity contribution in [2.24, 2.45) is 5.41 Å². The fraction of sp³-hybridized carbons (Fsp3) is 0.500. The highest BCUT2D eigenvalue weighted by molar-refractivity contribution is 5.51. The highest BCUT2D eigenvalue weighted by Gasteiger charge is 2.17. The minimum absolute atomic E-state index is 0.0362. The number of nitrogens with one attached hydrogen (secondary N) is 1. The third kappa shape index (κ3) is 4.07. The minimum Gasteiger partial charge on any atom is -0.384 e. The second-order valence-electron chi connectivity index (χ2n) is 5.09. The van der Waals surface area contributed by atoms with E-state index in [2.05, 4.69) is 25.2 Å². The van der Waals surface area contributed by atoms with Gasteiger partial charge in [-0.15, -0.1) is 0 Å². The van der Waals surface area contributed by atoms with Gasteiger partial charge in [0.15, 0.2) is 0 Å². The number of nitriles is 1. The second kappa shape index (κ2) is 5.67. The molecule has 0 aromatic heterocycles. The van der Waals surface area contributed by atoms with Crippen molar-refractivity contribution >= 4 is 5.69 Å². The Kier molecular flexibility index (Phi) is 4.51. The van der Waals surface area contributed by atoms with Gasteiger partial charge in [-0.05, 0) is 30.9 Å². The van der Waals surface area contributed by atoms with Crippen LogP contribution in [0.15, 0.2) is 18.2 Å². The summed E-state index contributed by atoms with van der Waals surface area (Å²) in [5.41, 5.74) is 1.51. The van der Waals surface area contributed by atoms with Crippen LogP contribution >= 0.6 is 0 Å². The summed E-state index contributed by atoms with van der Waals surface area (Å²) >= 11 is 0. The molecule has 0 atom stereocenters. The lowest BCUT2D eigenvalue weighted by Gasteiger charge is -2.25. The molecular weight excluding hydrogens is 215 g/mol. The van der Waals surface area contributed by atoms with Crippen LogP contribution in [0, 0.1) is 29.5 Å². The molecule has 0 heterocycles. The van der Waals surface area contributed by atoms with Crippen molar-refractivity contribution in [3.05, 3.63) is 29.6 Å². The van der Waals surface area contributed by atoms with Gasteiger partial charge in [0, 0.05) is 24.2 Å². The van der Waals surface area contributed by atoms with Crippen LogP contribution in [-0.2, 0) is 0 Å². The average molecular weight is 234 g/mol. The summed E-state index contributed by atoms with van der Waals surface area (Å²) in [6.45, 7) is 6.71.